The Labute approximate surface area is 181 Å². The molecule has 1 atom stereocenters. The van der Waals surface area contributed by atoms with Gasteiger partial charge in [-0.2, -0.15) is 9.78 Å². The van der Waals surface area contributed by atoms with Crippen LogP contribution in [0.1, 0.15) is 27.7 Å². The molecule has 2 N–H and O–H groups in total. The van der Waals surface area contributed by atoms with Crippen LogP contribution in [0.15, 0.2) is 41.1 Å². The molecular weight excluding hydrogens is 398 g/mol. The average Bonchev–Trinajstić information content (AvgIpc) is 3.35. The van der Waals surface area contributed by atoms with Gasteiger partial charge in [-0.1, -0.05) is 22.3 Å². The fraction of sp³-hybridized carbons (Fsp3) is 0.429. The molecule has 3 rings (SSSR count). The molecule has 0 aliphatic heterocycles. The van der Waals surface area contributed by atoms with Crippen molar-refractivity contribution in [3.05, 3.63) is 36.7 Å². The van der Waals surface area contributed by atoms with Crippen LogP contribution in [0.25, 0.3) is 11.1 Å². The van der Waals surface area contributed by atoms with E-state index in [9.17, 15) is 4.79 Å². The highest BCUT2D eigenvalue weighted by atomic mass is 16.6. The lowest BCUT2D eigenvalue weighted by molar-refractivity contribution is 0.0514. The molecule has 0 saturated carbocycles. The van der Waals surface area contributed by atoms with Crippen LogP contribution >= 0.6 is 0 Å². The summed E-state index contributed by atoms with van der Waals surface area (Å²) >= 11 is 0. The van der Waals surface area contributed by atoms with Gasteiger partial charge in [0.2, 0.25) is 0 Å². The minimum atomic E-state index is -0.578. The van der Waals surface area contributed by atoms with Crippen molar-refractivity contribution >= 4 is 23.8 Å². The average molecular weight is 428 g/mol. The third-order valence-electron chi connectivity index (χ3n) is 4.49. The van der Waals surface area contributed by atoms with Crippen LogP contribution in [0, 0.1) is 0 Å². The fourth-order valence-corrected chi connectivity index (χ4v) is 2.51. The fourth-order valence-electron chi connectivity index (χ4n) is 2.51. The van der Waals surface area contributed by atoms with Gasteiger partial charge in [0.25, 0.3) is 0 Å². The van der Waals surface area contributed by atoms with Gasteiger partial charge in [0.1, 0.15) is 5.60 Å². The molecule has 31 heavy (non-hydrogen) atoms. The smallest absolute Gasteiger partial charge is 0.435 e. The van der Waals surface area contributed by atoms with Gasteiger partial charge in [-0.05, 0) is 59.5 Å². The van der Waals surface area contributed by atoms with Crippen molar-refractivity contribution in [3.63, 3.8) is 0 Å². The van der Waals surface area contributed by atoms with E-state index >= 15 is 0 Å². The molecule has 1 unspecified atom stereocenters. The molecule has 0 radical (unpaired) electrons. The van der Waals surface area contributed by atoms with Gasteiger partial charge in [-0.25, -0.2) is 4.79 Å². The maximum absolute atomic E-state index is 12.1. The Morgan fingerprint density at radius 2 is 1.84 bits per heavy atom. The standard InChI is InChI=1S/C21H29N7O3/c1-14(27(5)6)11-22-18-25-26-19(30-18)24-17-9-7-15(8-10-17)16-12-23-28(13-16)20(29)31-21(2,3)4/h7-10,12-14H,11H2,1-6H3,(H,22,25)(H,24,26). The van der Waals surface area contributed by atoms with Crippen LogP contribution in [0.4, 0.5) is 22.5 Å². The lowest BCUT2D eigenvalue weighted by Gasteiger charge is -2.18. The van der Waals surface area contributed by atoms with Gasteiger partial charge < -0.3 is 24.7 Å². The number of benzene rings is 1. The molecule has 166 valence electrons. The first-order valence-corrected chi connectivity index (χ1v) is 10.00. The van der Waals surface area contributed by atoms with Crippen molar-refractivity contribution in [3.8, 4) is 11.1 Å². The third kappa shape index (κ3) is 6.29. The predicted octanol–water partition coefficient (Wildman–Crippen LogP) is 3.82. The van der Waals surface area contributed by atoms with E-state index in [1.807, 2.05) is 59.1 Å². The number of anilines is 3. The number of ether oxygens (including phenoxy) is 1. The summed E-state index contributed by atoms with van der Waals surface area (Å²) in [5.74, 6) is 0. The largest absolute Gasteiger partial charge is 0.442 e. The molecule has 0 bridgehead atoms. The lowest BCUT2D eigenvalue weighted by Crippen LogP contribution is -2.31. The molecule has 1 aromatic carbocycles. The van der Waals surface area contributed by atoms with E-state index in [1.54, 1.807) is 12.4 Å². The van der Waals surface area contributed by atoms with Gasteiger partial charge in [0.15, 0.2) is 0 Å². The van der Waals surface area contributed by atoms with Gasteiger partial charge in [0, 0.05) is 30.0 Å². The zero-order chi connectivity index (χ0) is 22.6. The zero-order valence-electron chi connectivity index (χ0n) is 18.7. The van der Waals surface area contributed by atoms with Crippen molar-refractivity contribution in [2.24, 2.45) is 0 Å². The number of carbonyl (C=O) groups excluding carboxylic acids is 1. The number of nitrogens with one attached hydrogen (secondary N) is 2. The van der Waals surface area contributed by atoms with Crippen LogP contribution in [-0.4, -0.2) is 63.3 Å². The minimum Gasteiger partial charge on any atom is -0.442 e. The molecule has 2 aromatic heterocycles. The Kier molecular flexibility index (Phi) is 6.59. The second-order valence-electron chi connectivity index (χ2n) is 8.46. The summed E-state index contributed by atoms with van der Waals surface area (Å²) in [6.45, 7) is 8.23. The Morgan fingerprint density at radius 3 is 2.48 bits per heavy atom. The molecule has 0 aliphatic rings. The summed E-state index contributed by atoms with van der Waals surface area (Å²) < 4.78 is 12.1. The highest BCUT2D eigenvalue weighted by molar-refractivity contribution is 5.73. The lowest BCUT2D eigenvalue weighted by atomic mass is 10.1. The molecule has 0 amide bonds. The SMILES string of the molecule is CC(CNc1nnc(Nc2ccc(-c3cnn(C(=O)OC(C)(C)C)c3)cc2)o1)N(C)C. The number of rotatable bonds is 7. The van der Waals surface area contributed by atoms with E-state index in [0.29, 0.717) is 24.6 Å². The van der Waals surface area contributed by atoms with Gasteiger partial charge in [0.05, 0.1) is 6.20 Å². The minimum absolute atomic E-state index is 0.297. The molecule has 0 saturated heterocycles. The Hall–Kier alpha value is -3.40. The monoisotopic (exact) mass is 427 g/mol. The van der Waals surface area contributed by atoms with E-state index in [-0.39, 0.29) is 0 Å². The number of nitrogens with zero attached hydrogens (tertiary/aromatic N) is 5. The predicted molar refractivity (Wildman–Crippen MR) is 119 cm³/mol. The molecule has 0 spiro atoms. The van der Waals surface area contributed by atoms with Crippen molar-refractivity contribution in [2.75, 3.05) is 31.3 Å². The molecule has 10 heteroatoms. The number of aromatic nitrogens is 4. The number of hydrogen-bond donors (Lipinski definition) is 2. The van der Waals surface area contributed by atoms with Crippen LogP contribution in [0.2, 0.25) is 0 Å². The summed E-state index contributed by atoms with van der Waals surface area (Å²) in [5, 5.41) is 18.3. The van der Waals surface area contributed by atoms with Gasteiger partial charge >= 0.3 is 18.1 Å². The van der Waals surface area contributed by atoms with Crippen LogP contribution in [0.5, 0.6) is 0 Å². The second kappa shape index (κ2) is 9.17. The van der Waals surface area contributed by atoms with Crippen molar-refractivity contribution in [1.29, 1.82) is 0 Å². The van der Waals surface area contributed by atoms with Gasteiger partial charge in [-0.15, -0.1) is 0 Å². The summed E-state index contributed by atoms with van der Waals surface area (Å²) in [7, 11) is 4.03. The van der Waals surface area contributed by atoms with Crippen molar-refractivity contribution < 1.29 is 13.9 Å². The second-order valence-corrected chi connectivity index (χ2v) is 8.46. The zero-order valence-corrected chi connectivity index (χ0v) is 18.7. The molecule has 0 aliphatic carbocycles. The van der Waals surface area contributed by atoms with E-state index in [2.05, 4.69) is 37.8 Å². The number of likely N-dealkylation sites (N-methyl/N-ethyl adjacent to an activating group) is 1. The number of hydrogen-bond acceptors (Lipinski definition) is 9. The summed E-state index contributed by atoms with van der Waals surface area (Å²) in [4.78, 5) is 14.2. The van der Waals surface area contributed by atoms with Crippen LogP contribution < -0.4 is 10.6 Å². The number of carbonyl (C=O) groups is 1. The quantitative estimate of drug-likeness (QED) is 0.581. The topological polar surface area (TPSA) is 110 Å². The van der Waals surface area contributed by atoms with Crippen LogP contribution in [-0.2, 0) is 4.74 Å². The van der Waals surface area contributed by atoms with Gasteiger partial charge in [-0.3, -0.25) is 0 Å². The van der Waals surface area contributed by atoms with E-state index < -0.39 is 11.7 Å². The highest BCUT2D eigenvalue weighted by Gasteiger charge is 2.18. The van der Waals surface area contributed by atoms with E-state index in [4.69, 9.17) is 9.15 Å². The van der Waals surface area contributed by atoms with E-state index in [1.165, 1.54) is 4.68 Å². The normalized spacial score (nSPS) is 12.6. The Balaban J connectivity index is 1.59. The molecule has 2 heterocycles. The maximum atomic E-state index is 12.1. The molecule has 0 fully saturated rings. The molecule has 10 nitrogen and oxygen atoms in total. The van der Waals surface area contributed by atoms with E-state index in [0.717, 1.165) is 16.8 Å². The third-order valence-corrected chi connectivity index (χ3v) is 4.49. The summed E-state index contributed by atoms with van der Waals surface area (Å²) in [6, 6.07) is 8.57. The molecule has 3 aromatic rings. The molecular formula is C21H29N7O3. The van der Waals surface area contributed by atoms with Crippen LogP contribution in [0.3, 0.4) is 0 Å². The first-order chi connectivity index (χ1) is 14.6. The highest BCUT2D eigenvalue weighted by Crippen LogP contribution is 2.23. The Morgan fingerprint density at radius 1 is 1.16 bits per heavy atom. The maximum Gasteiger partial charge on any atom is 0.435 e. The van der Waals surface area contributed by atoms with Crippen molar-refractivity contribution in [1.82, 2.24) is 24.9 Å². The Bertz CT molecular complexity index is 1000. The first kappa shape index (κ1) is 22.3. The summed E-state index contributed by atoms with van der Waals surface area (Å²) in [5.41, 5.74) is 1.92. The summed E-state index contributed by atoms with van der Waals surface area (Å²) in [6.07, 6.45) is 2.75. The first-order valence-electron chi connectivity index (χ1n) is 10.00. The van der Waals surface area contributed by atoms with Crippen molar-refractivity contribution in [2.45, 2.75) is 39.3 Å².